The average molecular weight is 177 g/mol. The summed E-state index contributed by atoms with van der Waals surface area (Å²) in [6, 6.07) is 0. The molecule has 0 aromatic carbocycles. The molecule has 0 aliphatic heterocycles. The molecule has 0 atom stereocenters. The van der Waals surface area contributed by atoms with Crippen LogP contribution in [-0.4, -0.2) is 36.5 Å². The van der Waals surface area contributed by atoms with Gasteiger partial charge in [0, 0.05) is 12.3 Å². The van der Waals surface area contributed by atoms with Crippen LogP contribution in [0.5, 0.6) is 0 Å². The number of nitrogens with zero attached hydrogens (tertiary/aromatic N) is 1. The van der Waals surface area contributed by atoms with Gasteiger partial charge in [-0.15, -0.1) is 0 Å². The van der Waals surface area contributed by atoms with Crippen LogP contribution in [0.2, 0.25) is 0 Å². The molecule has 0 saturated carbocycles. The Bertz CT molecular complexity index is 53.5. The Morgan fingerprint density at radius 3 is 1.82 bits per heavy atom. The molecule has 0 amide bonds. The predicted molar refractivity (Wildman–Crippen MR) is 57.5 cm³/mol. The molecule has 2 heteroatoms. The van der Waals surface area contributed by atoms with Crippen molar-refractivity contribution in [3.05, 3.63) is 0 Å². The molecular weight excluding hydrogens is 154 g/mol. The van der Waals surface area contributed by atoms with Gasteiger partial charge in [-0.05, 0) is 19.3 Å². The van der Waals surface area contributed by atoms with Crippen LogP contribution < -0.4 is 0 Å². The lowest BCUT2D eigenvalue weighted by molar-refractivity contribution is 0.324. The summed E-state index contributed by atoms with van der Waals surface area (Å²) in [5.41, 5.74) is 0. The largest absolute Gasteiger partial charge is 0.303 e. The zero-order valence-electron chi connectivity index (χ0n) is 8.68. The van der Waals surface area contributed by atoms with E-state index in [4.69, 9.17) is 0 Å². The minimum atomic E-state index is 1.19. The standard InChI is InChI=1S/C7H17NS.C2H6/c1-4-8(5-2)6-7-9-3;1-2/h4-7H2,1-3H3;1-2H3. The summed E-state index contributed by atoms with van der Waals surface area (Å²) in [5, 5.41) is 0. The highest BCUT2D eigenvalue weighted by molar-refractivity contribution is 7.98. The summed E-state index contributed by atoms with van der Waals surface area (Å²) in [4.78, 5) is 2.44. The van der Waals surface area contributed by atoms with Crippen molar-refractivity contribution >= 4 is 11.8 Å². The Morgan fingerprint density at radius 2 is 1.55 bits per heavy atom. The molecule has 1 nitrogen and oxygen atoms in total. The van der Waals surface area contributed by atoms with E-state index in [9.17, 15) is 0 Å². The van der Waals surface area contributed by atoms with Gasteiger partial charge >= 0.3 is 0 Å². The molecule has 0 saturated heterocycles. The van der Waals surface area contributed by atoms with E-state index in [-0.39, 0.29) is 0 Å². The molecule has 0 spiro atoms. The first-order chi connectivity index (χ1) is 5.35. The van der Waals surface area contributed by atoms with Gasteiger partial charge in [0.05, 0.1) is 0 Å². The quantitative estimate of drug-likeness (QED) is 0.635. The van der Waals surface area contributed by atoms with Crippen LogP contribution >= 0.6 is 11.8 Å². The molecule has 0 N–H and O–H groups in total. The van der Waals surface area contributed by atoms with Crippen LogP contribution in [0.25, 0.3) is 0 Å². The van der Waals surface area contributed by atoms with Gasteiger partial charge in [-0.2, -0.15) is 11.8 Å². The van der Waals surface area contributed by atoms with Crippen molar-refractivity contribution in [2.75, 3.05) is 31.6 Å². The zero-order chi connectivity index (χ0) is 9.11. The van der Waals surface area contributed by atoms with Gasteiger partial charge < -0.3 is 4.90 Å². The van der Waals surface area contributed by atoms with E-state index >= 15 is 0 Å². The van der Waals surface area contributed by atoms with Crippen molar-refractivity contribution in [1.29, 1.82) is 0 Å². The first-order valence-electron chi connectivity index (χ1n) is 4.56. The van der Waals surface area contributed by atoms with E-state index < -0.39 is 0 Å². The summed E-state index contributed by atoms with van der Waals surface area (Å²) in [5.74, 6) is 1.27. The third-order valence-corrected chi connectivity index (χ3v) is 2.10. The number of thioether (sulfide) groups is 1. The predicted octanol–water partition coefficient (Wildman–Crippen LogP) is 2.72. The van der Waals surface area contributed by atoms with E-state index in [1.54, 1.807) is 0 Å². The topological polar surface area (TPSA) is 3.24 Å². The summed E-state index contributed by atoms with van der Waals surface area (Å²) < 4.78 is 0. The van der Waals surface area contributed by atoms with Crippen molar-refractivity contribution in [2.24, 2.45) is 0 Å². The van der Waals surface area contributed by atoms with Crippen molar-refractivity contribution in [3.8, 4) is 0 Å². The molecule has 0 fully saturated rings. The molecule has 0 aromatic heterocycles. The van der Waals surface area contributed by atoms with E-state index in [0.717, 1.165) is 0 Å². The average Bonchev–Trinajstić information content (AvgIpc) is 2.10. The second kappa shape index (κ2) is 12.9. The van der Waals surface area contributed by atoms with E-state index in [1.807, 2.05) is 25.6 Å². The van der Waals surface area contributed by atoms with Crippen LogP contribution in [-0.2, 0) is 0 Å². The summed E-state index contributed by atoms with van der Waals surface area (Å²) in [7, 11) is 0. The van der Waals surface area contributed by atoms with E-state index in [0.29, 0.717) is 0 Å². The second-order valence-electron chi connectivity index (χ2n) is 2.02. The lowest BCUT2D eigenvalue weighted by Gasteiger charge is -2.16. The first-order valence-corrected chi connectivity index (χ1v) is 5.95. The lowest BCUT2D eigenvalue weighted by Crippen LogP contribution is -2.25. The van der Waals surface area contributed by atoms with Crippen LogP contribution in [0.4, 0.5) is 0 Å². The van der Waals surface area contributed by atoms with Gasteiger partial charge in [0.2, 0.25) is 0 Å². The van der Waals surface area contributed by atoms with Crippen LogP contribution in [0.3, 0.4) is 0 Å². The fraction of sp³-hybridized carbons (Fsp3) is 1.00. The minimum absolute atomic E-state index is 1.19. The monoisotopic (exact) mass is 177 g/mol. The number of hydrogen-bond donors (Lipinski definition) is 0. The normalized spacial score (nSPS) is 9.27. The second-order valence-corrected chi connectivity index (χ2v) is 3.01. The van der Waals surface area contributed by atoms with Crippen LogP contribution in [0, 0.1) is 0 Å². The highest BCUT2D eigenvalue weighted by atomic mass is 32.2. The molecule has 0 aliphatic rings. The molecule has 0 rings (SSSR count). The molecule has 11 heavy (non-hydrogen) atoms. The van der Waals surface area contributed by atoms with Crippen LogP contribution in [0.15, 0.2) is 0 Å². The molecule has 0 aromatic rings. The Labute approximate surface area is 76.5 Å². The SMILES string of the molecule is CC.CCN(CC)CCSC. The van der Waals surface area contributed by atoms with Crippen molar-refractivity contribution in [3.63, 3.8) is 0 Å². The maximum Gasteiger partial charge on any atom is 0.00720 e. The highest BCUT2D eigenvalue weighted by Crippen LogP contribution is 1.93. The Morgan fingerprint density at radius 1 is 1.09 bits per heavy atom. The molecular formula is C9H23NS. The minimum Gasteiger partial charge on any atom is -0.303 e. The summed E-state index contributed by atoms with van der Waals surface area (Å²) in [6.45, 7) is 12.1. The number of rotatable bonds is 5. The third kappa shape index (κ3) is 10.3. The van der Waals surface area contributed by atoms with Crippen molar-refractivity contribution in [1.82, 2.24) is 4.90 Å². The van der Waals surface area contributed by atoms with Gasteiger partial charge in [-0.3, -0.25) is 0 Å². The van der Waals surface area contributed by atoms with E-state index in [1.165, 1.54) is 25.4 Å². The van der Waals surface area contributed by atoms with Crippen molar-refractivity contribution in [2.45, 2.75) is 27.7 Å². The molecule has 0 aliphatic carbocycles. The first kappa shape index (κ1) is 13.9. The van der Waals surface area contributed by atoms with Gasteiger partial charge in [0.25, 0.3) is 0 Å². The maximum atomic E-state index is 2.44. The molecule has 0 heterocycles. The van der Waals surface area contributed by atoms with Crippen molar-refractivity contribution < 1.29 is 0 Å². The molecule has 0 radical (unpaired) electrons. The Kier molecular flexibility index (Phi) is 16.3. The highest BCUT2D eigenvalue weighted by Gasteiger charge is 1.94. The molecule has 70 valence electrons. The maximum absolute atomic E-state index is 2.44. The van der Waals surface area contributed by atoms with E-state index in [2.05, 4.69) is 25.0 Å². The van der Waals surface area contributed by atoms with Crippen LogP contribution in [0.1, 0.15) is 27.7 Å². The smallest absolute Gasteiger partial charge is 0.00720 e. The Hall–Kier alpha value is 0.310. The fourth-order valence-corrected chi connectivity index (χ4v) is 1.20. The summed E-state index contributed by atoms with van der Waals surface area (Å²) >= 11 is 1.92. The lowest BCUT2D eigenvalue weighted by atomic mass is 10.5. The molecule has 0 unspecified atom stereocenters. The van der Waals surface area contributed by atoms with Gasteiger partial charge in [0.1, 0.15) is 0 Å². The Balaban J connectivity index is 0. The third-order valence-electron chi connectivity index (χ3n) is 1.51. The van der Waals surface area contributed by atoms with Gasteiger partial charge in [0.15, 0.2) is 0 Å². The fourth-order valence-electron chi connectivity index (χ4n) is 0.760. The molecule has 0 bridgehead atoms. The summed E-state index contributed by atoms with van der Waals surface area (Å²) in [6.07, 6.45) is 2.16. The number of hydrogen-bond acceptors (Lipinski definition) is 2. The van der Waals surface area contributed by atoms with Gasteiger partial charge in [-0.25, -0.2) is 0 Å². The van der Waals surface area contributed by atoms with Gasteiger partial charge in [-0.1, -0.05) is 27.7 Å². The zero-order valence-corrected chi connectivity index (χ0v) is 9.50.